The number of benzene rings is 2. The third kappa shape index (κ3) is 5.62. The molecule has 1 aliphatic heterocycles. The fourth-order valence-corrected chi connectivity index (χ4v) is 5.59. The van der Waals surface area contributed by atoms with Gasteiger partial charge in [-0.2, -0.15) is 13.2 Å². The average Bonchev–Trinajstić information content (AvgIpc) is 3.25. The molecule has 3 aromatic rings. The molecule has 6 nitrogen and oxygen atoms in total. The van der Waals surface area contributed by atoms with E-state index in [-0.39, 0.29) is 56.1 Å². The van der Waals surface area contributed by atoms with E-state index in [1.807, 2.05) is 4.90 Å². The van der Waals surface area contributed by atoms with Crippen LogP contribution >= 0.6 is 23.4 Å². The Kier molecular flexibility index (Phi) is 7.68. The van der Waals surface area contributed by atoms with Crippen LogP contribution in [0.15, 0.2) is 46.1 Å². The zero-order valence-corrected chi connectivity index (χ0v) is 20.1. The van der Waals surface area contributed by atoms with Gasteiger partial charge in [0.1, 0.15) is 5.75 Å². The SMILES string of the molecule is O=c1[nH]c2ccc(C(F)(F)F)cc2c(-c2cc(Cl)ccc2O)c1SCC(O)CN1CCCC1CO. The highest BCUT2D eigenvalue weighted by Crippen LogP contribution is 2.42. The first kappa shape index (κ1) is 25.8. The standard InChI is InChI=1S/C24H24ClF3N2O4S/c25-14-4-6-20(33)18(9-14)21-17-8-13(24(26,27)28)3-5-19(17)29-23(34)22(21)35-12-16(32)10-30-7-1-2-15(30)11-31/h3-6,8-9,15-16,31-33H,1-2,7,10-12H2,(H,29,34). The van der Waals surface area contributed by atoms with Crippen LogP contribution in [0, 0.1) is 0 Å². The van der Waals surface area contributed by atoms with Crippen LogP contribution in [-0.2, 0) is 6.18 Å². The Morgan fingerprint density at radius 1 is 1.23 bits per heavy atom. The number of phenolic OH excluding ortho intramolecular Hbond substituents is 1. The molecule has 4 rings (SSSR count). The highest BCUT2D eigenvalue weighted by Gasteiger charge is 2.32. The zero-order valence-electron chi connectivity index (χ0n) is 18.5. The van der Waals surface area contributed by atoms with Crippen molar-refractivity contribution in [3.05, 3.63) is 57.3 Å². The number of alkyl halides is 3. The number of fused-ring (bicyclic) bond motifs is 1. The van der Waals surface area contributed by atoms with Crippen molar-refractivity contribution < 1.29 is 28.5 Å². The van der Waals surface area contributed by atoms with Gasteiger partial charge in [-0.25, -0.2) is 0 Å². The zero-order chi connectivity index (χ0) is 25.3. The molecule has 1 aromatic heterocycles. The smallest absolute Gasteiger partial charge is 0.416 e. The van der Waals surface area contributed by atoms with Gasteiger partial charge in [-0.05, 0) is 55.8 Å². The van der Waals surface area contributed by atoms with E-state index >= 15 is 0 Å². The van der Waals surface area contributed by atoms with Crippen molar-refractivity contribution in [2.75, 3.05) is 25.4 Å². The number of likely N-dealkylation sites (tertiary alicyclic amines) is 1. The van der Waals surface area contributed by atoms with E-state index in [0.717, 1.165) is 43.3 Å². The second-order valence-electron chi connectivity index (χ2n) is 8.52. The number of aromatic nitrogens is 1. The van der Waals surface area contributed by atoms with Gasteiger partial charge in [0.15, 0.2) is 0 Å². The minimum absolute atomic E-state index is 0.00998. The Balaban J connectivity index is 1.77. The van der Waals surface area contributed by atoms with Crippen molar-refractivity contribution in [2.45, 2.75) is 36.1 Å². The molecule has 2 heterocycles. The number of phenols is 1. The number of β-amino-alcohol motifs (C(OH)–C–C–N with tert-alkyl or cyclic N) is 1. The number of aliphatic hydroxyl groups is 2. The maximum absolute atomic E-state index is 13.5. The Morgan fingerprint density at radius 2 is 2.00 bits per heavy atom. The highest BCUT2D eigenvalue weighted by atomic mass is 35.5. The summed E-state index contributed by atoms with van der Waals surface area (Å²) >= 11 is 7.11. The number of nitrogens with one attached hydrogen (secondary N) is 1. The molecule has 1 fully saturated rings. The highest BCUT2D eigenvalue weighted by molar-refractivity contribution is 7.99. The summed E-state index contributed by atoms with van der Waals surface area (Å²) in [5.41, 5.74) is -1.06. The van der Waals surface area contributed by atoms with Crippen LogP contribution in [0.1, 0.15) is 18.4 Å². The minimum atomic E-state index is -4.61. The maximum Gasteiger partial charge on any atom is 0.416 e. The van der Waals surface area contributed by atoms with Crippen LogP contribution < -0.4 is 5.56 Å². The molecule has 188 valence electrons. The second kappa shape index (κ2) is 10.4. The molecule has 0 bridgehead atoms. The Bertz CT molecular complexity index is 1280. The molecule has 2 atom stereocenters. The molecule has 0 saturated carbocycles. The first-order valence-corrected chi connectivity index (χ1v) is 12.4. The number of aromatic amines is 1. The molecule has 2 unspecified atom stereocenters. The van der Waals surface area contributed by atoms with Crippen molar-refractivity contribution in [1.29, 1.82) is 0 Å². The van der Waals surface area contributed by atoms with Gasteiger partial charge in [0.05, 0.1) is 23.2 Å². The summed E-state index contributed by atoms with van der Waals surface area (Å²) in [5, 5.41) is 31.0. The first-order valence-electron chi connectivity index (χ1n) is 11.0. The van der Waals surface area contributed by atoms with Gasteiger partial charge in [-0.15, -0.1) is 11.8 Å². The Hall–Kier alpha value is -2.24. The molecule has 2 aromatic carbocycles. The lowest BCUT2D eigenvalue weighted by Crippen LogP contribution is -2.39. The number of thioether (sulfide) groups is 1. The summed E-state index contributed by atoms with van der Waals surface area (Å²) in [6.07, 6.45) is -3.72. The van der Waals surface area contributed by atoms with Gasteiger partial charge in [-0.1, -0.05) is 11.6 Å². The maximum atomic E-state index is 13.5. The van der Waals surface area contributed by atoms with E-state index in [1.54, 1.807) is 0 Å². The van der Waals surface area contributed by atoms with E-state index in [9.17, 15) is 33.3 Å². The molecule has 1 aliphatic rings. The molecule has 0 spiro atoms. The lowest BCUT2D eigenvalue weighted by molar-refractivity contribution is -0.137. The van der Waals surface area contributed by atoms with Gasteiger partial charge in [-0.3, -0.25) is 9.69 Å². The quantitative estimate of drug-likeness (QED) is 0.338. The third-order valence-electron chi connectivity index (χ3n) is 6.10. The van der Waals surface area contributed by atoms with E-state index in [4.69, 9.17) is 11.6 Å². The topological polar surface area (TPSA) is 96.8 Å². The van der Waals surface area contributed by atoms with Crippen molar-refractivity contribution >= 4 is 34.3 Å². The summed E-state index contributed by atoms with van der Waals surface area (Å²) in [6, 6.07) is 7.09. The Labute approximate surface area is 208 Å². The summed E-state index contributed by atoms with van der Waals surface area (Å²) in [7, 11) is 0. The lowest BCUT2D eigenvalue weighted by Gasteiger charge is -2.25. The number of rotatable bonds is 7. The summed E-state index contributed by atoms with van der Waals surface area (Å²) < 4.78 is 40.4. The average molecular weight is 529 g/mol. The number of pyridine rings is 1. The number of hydrogen-bond donors (Lipinski definition) is 4. The molecular weight excluding hydrogens is 505 g/mol. The van der Waals surface area contributed by atoms with Gasteiger partial charge >= 0.3 is 6.18 Å². The molecule has 0 aliphatic carbocycles. The minimum Gasteiger partial charge on any atom is -0.507 e. The van der Waals surface area contributed by atoms with E-state index in [1.165, 1.54) is 24.3 Å². The summed E-state index contributed by atoms with van der Waals surface area (Å²) in [4.78, 5) is 17.7. The number of nitrogens with zero attached hydrogens (tertiary/aromatic N) is 1. The fourth-order valence-electron chi connectivity index (χ4n) is 4.41. The van der Waals surface area contributed by atoms with Crippen molar-refractivity contribution in [3.63, 3.8) is 0 Å². The third-order valence-corrected chi connectivity index (χ3v) is 7.57. The molecule has 1 saturated heterocycles. The molecule has 35 heavy (non-hydrogen) atoms. The van der Waals surface area contributed by atoms with Crippen molar-refractivity contribution in [1.82, 2.24) is 9.88 Å². The molecule has 0 amide bonds. The predicted octanol–water partition coefficient (Wildman–Crippen LogP) is 4.48. The molecule has 11 heteroatoms. The summed E-state index contributed by atoms with van der Waals surface area (Å²) in [5.74, 6) is -0.166. The fraction of sp³-hybridized carbons (Fsp3) is 0.375. The van der Waals surface area contributed by atoms with Crippen LogP contribution in [0.25, 0.3) is 22.0 Å². The number of aromatic hydroxyl groups is 1. The number of halogens is 4. The second-order valence-corrected chi connectivity index (χ2v) is 9.98. The van der Waals surface area contributed by atoms with Crippen LogP contribution in [-0.4, -0.2) is 62.8 Å². The van der Waals surface area contributed by atoms with Gasteiger partial charge < -0.3 is 20.3 Å². The number of H-pyrrole nitrogens is 1. The lowest BCUT2D eigenvalue weighted by atomic mass is 9.98. The van der Waals surface area contributed by atoms with Gasteiger partial charge in [0, 0.05) is 45.4 Å². The van der Waals surface area contributed by atoms with E-state index < -0.39 is 23.4 Å². The van der Waals surface area contributed by atoms with Crippen LogP contribution in [0.3, 0.4) is 0 Å². The number of aliphatic hydroxyl groups excluding tert-OH is 2. The van der Waals surface area contributed by atoms with Crippen LogP contribution in [0.4, 0.5) is 13.2 Å². The largest absolute Gasteiger partial charge is 0.507 e. The molecule has 0 radical (unpaired) electrons. The molecule has 4 N–H and O–H groups in total. The summed E-state index contributed by atoms with van der Waals surface area (Å²) in [6.45, 7) is 1.02. The predicted molar refractivity (Wildman–Crippen MR) is 130 cm³/mol. The normalized spacial score (nSPS) is 17.8. The van der Waals surface area contributed by atoms with Crippen molar-refractivity contribution in [3.8, 4) is 16.9 Å². The first-order chi connectivity index (χ1) is 16.6. The Morgan fingerprint density at radius 3 is 2.71 bits per heavy atom. The molecular formula is C24H24ClF3N2O4S. The van der Waals surface area contributed by atoms with Crippen molar-refractivity contribution in [2.24, 2.45) is 0 Å². The monoisotopic (exact) mass is 528 g/mol. The van der Waals surface area contributed by atoms with Crippen LogP contribution in [0.2, 0.25) is 5.02 Å². The number of hydrogen-bond acceptors (Lipinski definition) is 6. The van der Waals surface area contributed by atoms with Gasteiger partial charge in [0.25, 0.3) is 5.56 Å². The van der Waals surface area contributed by atoms with Crippen LogP contribution in [0.5, 0.6) is 5.75 Å². The van der Waals surface area contributed by atoms with E-state index in [0.29, 0.717) is 6.54 Å². The van der Waals surface area contributed by atoms with E-state index in [2.05, 4.69) is 4.98 Å². The van der Waals surface area contributed by atoms with Gasteiger partial charge in [0.2, 0.25) is 0 Å².